The van der Waals surface area contributed by atoms with Crippen molar-refractivity contribution in [3.63, 3.8) is 0 Å². The Kier molecular flexibility index (Phi) is 3.30. The first kappa shape index (κ1) is 13.2. The lowest BCUT2D eigenvalue weighted by atomic mass is 10.1. The van der Waals surface area contributed by atoms with E-state index in [-0.39, 0.29) is 11.6 Å². The smallest absolute Gasteiger partial charge is 0.281 e. The fourth-order valence-corrected chi connectivity index (χ4v) is 2.15. The van der Waals surface area contributed by atoms with Crippen LogP contribution in [-0.4, -0.2) is 15.8 Å². The van der Waals surface area contributed by atoms with E-state index in [0.717, 1.165) is 0 Å². The molecule has 98 valence electrons. The van der Waals surface area contributed by atoms with Crippen LogP contribution in [0.25, 0.3) is 10.9 Å². The van der Waals surface area contributed by atoms with Gasteiger partial charge in [0.25, 0.3) is 5.69 Å². The van der Waals surface area contributed by atoms with Crippen molar-refractivity contribution in [2.45, 2.75) is 13.8 Å². The van der Waals surface area contributed by atoms with Crippen LogP contribution >= 0.6 is 12.2 Å². The van der Waals surface area contributed by atoms with Gasteiger partial charge in [-0.25, -0.2) is 0 Å². The summed E-state index contributed by atoms with van der Waals surface area (Å²) in [5.41, 5.74) is 1.43. The number of pyridine rings is 1. The Morgan fingerprint density at radius 3 is 2.74 bits per heavy atom. The molecule has 0 fully saturated rings. The second-order valence-corrected chi connectivity index (χ2v) is 4.58. The van der Waals surface area contributed by atoms with Gasteiger partial charge in [-0.05, 0) is 25.1 Å². The minimum atomic E-state index is -0.438. The topological polar surface area (TPSA) is 88.0 Å². The summed E-state index contributed by atoms with van der Waals surface area (Å²) in [7, 11) is 0. The highest BCUT2D eigenvalue weighted by atomic mass is 32.1. The summed E-state index contributed by atoms with van der Waals surface area (Å²) >= 11 is 5.02. The predicted octanol–water partition coefficient (Wildman–Crippen LogP) is 3.07. The summed E-state index contributed by atoms with van der Waals surface area (Å²) in [6.45, 7) is 3.00. The quantitative estimate of drug-likeness (QED) is 0.501. The van der Waals surface area contributed by atoms with Gasteiger partial charge in [-0.2, -0.15) is 0 Å². The molecule has 7 heteroatoms. The third kappa shape index (κ3) is 2.45. The number of anilines is 1. The highest BCUT2D eigenvalue weighted by Gasteiger charge is 2.19. The molecule has 19 heavy (non-hydrogen) atoms. The first-order valence-electron chi connectivity index (χ1n) is 5.49. The standard InChI is InChI=1S/C12H11N3O3S/c1-6-5-9(13-7(2)16)11-8(12(6)15(17)18)3-4-10(19)14-11/h3-5H,1-2H3,(H,13,16)(H,14,19). The molecule has 0 saturated carbocycles. The highest BCUT2D eigenvalue weighted by Crippen LogP contribution is 2.33. The van der Waals surface area contributed by atoms with E-state index in [1.54, 1.807) is 25.1 Å². The van der Waals surface area contributed by atoms with Crippen LogP contribution in [0.2, 0.25) is 0 Å². The number of nitro benzene ring substituents is 1. The number of amides is 1. The van der Waals surface area contributed by atoms with Crippen molar-refractivity contribution in [2.75, 3.05) is 5.32 Å². The number of carbonyl (C=O) groups is 1. The van der Waals surface area contributed by atoms with Gasteiger partial charge >= 0.3 is 0 Å². The summed E-state index contributed by atoms with van der Waals surface area (Å²) in [5, 5.41) is 14.2. The molecule has 0 aliphatic carbocycles. The second-order valence-electron chi connectivity index (χ2n) is 4.14. The first-order valence-corrected chi connectivity index (χ1v) is 5.89. The predicted molar refractivity (Wildman–Crippen MR) is 74.8 cm³/mol. The number of hydrogen-bond acceptors (Lipinski definition) is 4. The second kappa shape index (κ2) is 4.77. The number of aromatic amines is 1. The van der Waals surface area contributed by atoms with Crippen molar-refractivity contribution in [3.8, 4) is 0 Å². The van der Waals surface area contributed by atoms with E-state index >= 15 is 0 Å². The summed E-state index contributed by atoms with van der Waals surface area (Å²) in [6, 6.07) is 4.74. The average molecular weight is 277 g/mol. The summed E-state index contributed by atoms with van der Waals surface area (Å²) in [4.78, 5) is 24.8. The Morgan fingerprint density at radius 1 is 1.47 bits per heavy atom. The SMILES string of the molecule is CC(=O)Nc1cc(C)c([N+](=O)[O-])c2ccc(=S)[nH]c12. The molecule has 2 rings (SSSR count). The third-order valence-corrected chi connectivity index (χ3v) is 2.91. The highest BCUT2D eigenvalue weighted by molar-refractivity contribution is 7.71. The molecule has 1 amide bonds. The van der Waals surface area contributed by atoms with Crippen LogP contribution in [0, 0.1) is 21.7 Å². The van der Waals surface area contributed by atoms with Crippen LogP contribution in [0.5, 0.6) is 0 Å². The Bertz CT molecular complexity index is 752. The molecule has 0 radical (unpaired) electrons. The van der Waals surface area contributed by atoms with Gasteiger partial charge in [0.2, 0.25) is 5.91 Å². The molecular formula is C12H11N3O3S. The van der Waals surface area contributed by atoms with E-state index in [1.165, 1.54) is 6.92 Å². The number of H-pyrrole nitrogens is 1. The molecule has 0 unspecified atom stereocenters. The van der Waals surface area contributed by atoms with Crippen LogP contribution in [0.15, 0.2) is 18.2 Å². The molecule has 2 N–H and O–H groups in total. The maximum atomic E-state index is 11.2. The fourth-order valence-electron chi connectivity index (χ4n) is 1.98. The van der Waals surface area contributed by atoms with Crippen LogP contribution in [0.3, 0.4) is 0 Å². The van der Waals surface area contributed by atoms with Crippen LogP contribution < -0.4 is 5.32 Å². The minimum Gasteiger partial charge on any atom is -0.344 e. The number of nitrogens with zero attached hydrogens (tertiary/aromatic N) is 1. The number of hydrogen-bond donors (Lipinski definition) is 2. The van der Waals surface area contributed by atoms with Gasteiger partial charge < -0.3 is 10.3 Å². The van der Waals surface area contributed by atoms with Crippen molar-refractivity contribution in [3.05, 3.63) is 38.5 Å². The molecule has 0 saturated heterocycles. The number of carbonyl (C=O) groups excluding carboxylic acids is 1. The summed E-state index contributed by atoms with van der Waals surface area (Å²) in [5.74, 6) is -0.252. The molecule has 0 aliphatic rings. The number of fused-ring (bicyclic) bond motifs is 1. The zero-order chi connectivity index (χ0) is 14.2. The number of aryl methyl sites for hydroxylation is 1. The zero-order valence-electron chi connectivity index (χ0n) is 10.3. The maximum absolute atomic E-state index is 11.2. The molecule has 0 aliphatic heterocycles. The number of benzene rings is 1. The van der Waals surface area contributed by atoms with Crippen molar-refractivity contribution in [2.24, 2.45) is 0 Å². The zero-order valence-corrected chi connectivity index (χ0v) is 11.1. The number of nitro groups is 1. The Balaban J connectivity index is 2.89. The minimum absolute atomic E-state index is 0.00959. The fraction of sp³-hybridized carbons (Fsp3) is 0.167. The van der Waals surface area contributed by atoms with Crippen molar-refractivity contribution < 1.29 is 9.72 Å². The molecule has 2 aromatic rings. The Morgan fingerprint density at radius 2 is 2.16 bits per heavy atom. The molecule has 0 atom stereocenters. The van der Waals surface area contributed by atoms with Crippen LogP contribution in [0.4, 0.5) is 11.4 Å². The molecule has 1 heterocycles. The van der Waals surface area contributed by atoms with Gasteiger partial charge in [0.1, 0.15) is 4.64 Å². The van der Waals surface area contributed by atoms with Gasteiger partial charge in [0.05, 0.1) is 21.5 Å². The Labute approximate surface area is 113 Å². The molecule has 6 nitrogen and oxygen atoms in total. The van der Waals surface area contributed by atoms with Gasteiger partial charge in [-0.3, -0.25) is 14.9 Å². The molecule has 0 bridgehead atoms. The van der Waals surface area contributed by atoms with E-state index in [1.807, 2.05) is 0 Å². The number of aromatic nitrogens is 1. The van der Waals surface area contributed by atoms with Crippen LogP contribution in [0.1, 0.15) is 12.5 Å². The molecular weight excluding hydrogens is 266 g/mol. The van der Waals surface area contributed by atoms with Gasteiger partial charge in [0, 0.05) is 12.5 Å². The number of rotatable bonds is 2. The third-order valence-electron chi connectivity index (χ3n) is 2.67. The van der Waals surface area contributed by atoms with Crippen LogP contribution in [-0.2, 0) is 4.79 Å². The normalized spacial score (nSPS) is 10.4. The average Bonchev–Trinajstić information content (AvgIpc) is 2.28. The van der Waals surface area contributed by atoms with E-state index in [4.69, 9.17) is 12.2 Å². The lowest BCUT2D eigenvalue weighted by Crippen LogP contribution is -2.08. The van der Waals surface area contributed by atoms with E-state index in [9.17, 15) is 14.9 Å². The first-order chi connectivity index (χ1) is 8.90. The number of nitrogens with one attached hydrogen (secondary N) is 2. The van der Waals surface area contributed by atoms with E-state index in [2.05, 4.69) is 10.3 Å². The molecule has 0 spiro atoms. The van der Waals surface area contributed by atoms with E-state index in [0.29, 0.717) is 26.8 Å². The van der Waals surface area contributed by atoms with Crippen molar-refractivity contribution in [1.29, 1.82) is 0 Å². The Hall–Kier alpha value is -2.28. The maximum Gasteiger partial charge on any atom is 0.281 e. The summed E-state index contributed by atoms with van der Waals surface area (Å²) < 4.78 is 0.442. The lowest BCUT2D eigenvalue weighted by Gasteiger charge is -2.09. The van der Waals surface area contributed by atoms with Gasteiger partial charge in [-0.15, -0.1) is 0 Å². The monoisotopic (exact) mass is 277 g/mol. The van der Waals surface area contributed by atoms with Gasteiger partial charge in [0.15, 0.2) is 0 Å². The van der Waals surface area contributed by atoms with Gasteiger partial charge in [-0.1, -0.05) is 12.2 Å². The lowest BCUT2D eigenvalue weighted by molar-refractivity contribution is -0.383. The largest absolute Gasteiger partial charge is 0.344 e. The van der Waals surface area contributed by atoms with Crippen molar-refractivity contribution >= 4 is 40.4 Å². The molecule has 1 aromatic carbocycles. The summed E-state index contributed by atoms with van der Waals surface area (Å²) in [6.07, 6.45) is 0. The van der Waals surface area contributed by atoms with E-state index < -0.39 is 4.92 Å². The van der Waals surface area contributed by atoms with Crippen molar-refractivity contribution in [1.82, 2.24) is 4.98 Å². The molecule has 1 aromatic heterocycles.